The normalized spacial score (nSPS) is 26.0. The van der Waals surface area contributed by atoms with Gasteiger partial charge >= 0.3 is 5.97 Å². The summed E-state index contributed by atoms with van der Waals surface area (Å²) in [5.41, 5.74) is 1.40. The molecule has 26 heavy (non-hydrogen) atoms. The van der Waals surface area contributed by atoms with Crippen molar-refractivity contribution in [3.05, 3.63) is 48.2 Å². The second-order valence-corrected chi connectivity index (χ2v) is 6.47. The van der Waals surface area contributed by atoms with Crippen molar-refractivity contribution in [3.8, 4) is 0 Å². The summed E-state index contributed by atoms with van der Waals surface area (Å²) < 4.78 is 11.2. The minimum atomic E-state index is -0.513. The molecule has 0 aromatic heterocycles. The van der Waals surface area contributed by atoms with E-state index in [9.17, 15) is 14.4 Å². The summed E-state index contributed by atoms with van der Waals surface area (Å²) in [5.74, 6) is -1.20. The maximum Gasteiger partial charge on any atom is 0.302 e. The van der Waals surface area contributed by atoms with Crippen LogP contribution < -0.4 is 0 Å². The third-order valence-corrected chi connectivity index (χ3v) is 4.67. The van der Waals surface area contributed by atoms with Gasteiger partial charge in [0.2, 0.25) is 0 Å². The lowest BCUT2D eigenvalue weighted by Gasteiger charge is -2.37. The van der Waals surface area contributed by atoms with Crippen LogP contribution in [0, 0.1) is 5.92 Å². The van der Waals surface area contributed by atoms with Crippen LogP contribution in [-0.2, 0) is 23.9 Å². The van der Waals surface area contributed by atoms with E-state index >= 15 is 0 Å². The topological polar surface area (TPSA) is 72.9 Å². The van der Waals surface area contributed by atoms with Gasteiger partial charge in [-0.25, -0.2) is 4.90 Å². The third kappa shape index (κ3) is 3.85. The van der Waals surface area contributed by atoms with Crippen molar-refractivity contribution in [1.29, 1.82) is 0 Å². The summed E-state index contributed by atoms with van der Waals surface area (Å²) in [4.78, 5) is 37.5. The standard InChI is InChI=1S/C20H25NO5/c1-6-8-15-10-16(21-19(23)12(3)13(4)20(21)24)17(9-7-2)26-18(15)11-25-14(5)22/h6-7,10,15,17-18H,1-2,8-9,11H2,3-5H3/t15-,17-,18-/m1/s1. The number of carbonyl (C=O) groups excluding carboxylic acids is 3. The van der Waals surface area contributed by atoms with Gasteiger partial charge in [-0.2, -0.15) is 0 Å². The first-order chi connectivity index (χ1) is 12.3. The molecule has 3 atom stereocenters. The first kappa shape index (κ1) is 19.8. The molecule has 2 amide bonds. The molecule has 2 aliphatic heterocycles. The van der Waals surface area contributed by atoms with Crippen LogP contribution in [0.2, 0.25) is 0 Å². The van der Waals surface area contributed by atoms with Crippen molar-refractivity contribution in [2.75, 3.05) is 6.61 Å². The van der Waals surface area contributed by atoms with E-state index < -0.39 is 6.10 Å². The molecule has 6 nitrogen and oxygen atoms in total. The van der Waals surface area contributed by atoms with Gasteiger partial charge in [0.1, 0.15) is 12.7 Å². The largest absolute Gasteiger partial charge is 0.463 e. The smallest absolute Gasteiger partial charge is 0.302 e. The molecule has 0 aromatic rings. The molecule has 0 N–H and O–H groups in total. The number of carbonyl (C=O) groups is 3. The van der Waals surface area contributed by atoms with Gasteiger partial charge in [-0.1, -0.05) is 18.2 Å². The predicted octanol–water partition coefficient (Wildman–Crippen LogP) is 2.67. The molecule has 2 rings (SSSR count). The van der Waals surface area contributed by atoms with E-state index in [-0.39, 0.29) is 36.4 Å². The molecule has 0 fully saturated rings. The number of nitrogens with zero attached hydrogens (tertiary/aromatic N) is 1. The molecule has 140 valence electrons. The molecule has 0 spiro atoms. The maximum absolute atomic E-state index is 12.6. The van der Waals surface area contributed by atoms with Crippen LogP contribution in [0.1, 0.15) is 33.6 Å². The first-order valence-electron chi connectivity index (χ1n) is 8.60. The Morgan fingerprint density at radius 3 is 2.27 bits per heavy atom. The van der Waals surface area contributed by atoms with Crippen molar-refractivity contribution in [3.63, 3.8) is 0 Å². The molecule has 0 radical (unpaired) electrons. The SMILES string of the molecule is C=CC[C@H]1O[C@H](COC(C)=O)[C@H](CC=C)C=C1N1C(=O)C(C)=C(C)C1=O. The number of imide groups is 1. The monoisotopic (exact) mass is 359 g/mol. The number of amides is 2. The number of rotatable bonds is 7. The molecule has 2 heterocycles. The first-order valence-corrected chi connectivity index (χ1v) is 8.60. The highest BCUT2D eigenvalue weighted by Gasteiger charge is 2.42. The van der Waals surface area contributed by atoms with Gasteiger partial charge in [0.05, 0.1) is 11.8 Å². The number of ether oxygens (including phenoxy) is 2. The molecule has 6 heteroatoms. The lowest BCUT2D eigenvalue weighted by molar-refractivity contribution is -0.149. The number of hydrogen-bond donors (Lipinski definition) is 0. The molecule has 0 aromatic carbocycles. The third-order valence-electron chi connectivity index (χ3n) is 4.67. The number of hydrogen-bond acceptors (Lipinski definition) is 5. The number of allylic oxidation sites excluding steroid dienone is 1. The van der Waals surface area contributed by atoms with E-state index in [1.807, 2.05) is 6.08 Å². The van der Waals surface area contributed by atoms with Gasteiger partial charge in [0, 0.05) is 24.0 Å². The van der Waals surface area contributed by atoms with Crippen molar-refractivity contribution in [1.82, 2.24) is 4.90 Å². The second kappa shape index (κ2) is 8.27. The van der Waals surface area contributed by atoms with Crippen LogP contribution in [0.25, 0.3) is 0 Å². The Bertz CT molecular complexity index is 679. The van der Waals surface area contributed by atoms with Crippen LogP contribution in [0.5, 0.6) is 0 Å². The molecular formula is C20H25NO5. The van der Waals surface area contributed by atoms with Gasteiger partial charge < -0.3 is 9.47 Å². The average molecular weight is 359 g/mol. The summed E-state index contributed by atoms with van der Waals surface area (Å²) in [5, 5.41) is 0. The average Bonchev–Trinajstić information content (AvgIpc) is 2.78. The highest BCUT2D eigenvalue weighted by molar-refractivity contribution is 6.20. The summed E-state index contributed by atoms with van der Waals surface area (Å²) in [6.45, 7) is 12.2. The Morgan fingerprint density at radius 1 is 1.19 bits per heavy atom. The Balaban J connectivity index is 2.38. The molecule has 0 unspecified atom stereocenters. The van der Waals surface area contributed by atoms with Crippen molar-refractivity contribution in [2.45, 2.75) is 45.8 Å². The molecule has 0 saturated heterocycles. The van der Waals surface area contributed by atoms with Crippen LogP contribution >= 0.6 is 0 Å². The van der Waals surface area contributed by atoms with Gasteiger partial charge in [-0.15, -0.1) is 13.2 Å². The predicted molar refractivity (Wildman–Crippen MR) is 96.7 cm³/mol. The van der Waals surface area contributed by atoms with Crippen LogP contribution in [0.3, 0.4) is 0 Å². The fourth-order valence-electron chi connectivity index (χ4n) is 3.12. The molecule has 0 saturated carbocycles. The quantitative estimate of drug-likeness (QED) is 0.397. The summed E-state index contributed by atoms with van der Waals surface area (Å²) in [7, 11) is 0. The van der Waals surface area contributed by atoms with Crippen molar-refractivity contribution in [2.24, 2.45) is 5.92 Å². The lowest BCUT2D eigenvalue weighted by Crippen LogP contribution is -2.44. The van der Waals surface area contributed by atoms with Gasteiger partial charge in [0.15, 0.2) is 0 Å². The van der Waals surface area contributed by atoms with Gasteiger partial charge in [-0.05, 0) is 26.7 Å². The van der Waals surface area contributed by atoms with Crippen LogP contribution in [0.15, 0.2) is 48.2 Å². The van der Waals surface area contributed by atoms with E-state index in [1.165, 1.54) is 11.8 Å². The van der Waals surface area contributed by atoms with Crippen molar-refractivity contribution >= 4 is 17.8 Å². The Labute approximate surface area is 153 Å². The van der Waals surface area contributed by atoms with E-state index in [2.05, 4.69) is 13.2 Å². The van der Waals surface area contributed by atoms with Crippen molar-refractivity contribution < 1.29 is 23.9 Å². The van der Waals surface area contributed by atoms with E-state index in [0.717, 1.165) is 0 Å². The molecular weight excluding hydrogens is 334 g/mol. The summed E-state index contributed by atoms with van der Waals surface area (Å²) in [6.07, 6.45) is 5.38. The summed E-state index contributed by atoms with van der Waals surface area (Å²) >= 11 is 0. The Morgan fingerprint density at radius 2 is 1.77 bits per heavy atom. The highest BCUT2D eigenvalue weighted by atomic mass is 16.6. The fraction of sp³-hybridized carbons (Fsp3) is 0.450. The summed E-state index contributed by atoms with van der Waals surface area (Å²) in [6, 6.07) is 0. The minimum Gasteiger partial charge on any atom is -0.463 e. The van der Waals surface area contributed by atoms with E-state index in [1.54, 1.807) is 26.0 Å². The second-order valence-electron chi connectivity index (χ2n) is 6.47. The fourth-order valence-corrected chi connectivity index (χ4v) is 3.12. The highest BCUT2D eigenvalue weighted by Crippen LogP contribution is 2.34. The van der Waals surface area contributed by atoms with Gasteiger partial charge in [-0.3, -0.25) is 14.4 Å². The number of esters is 1. The van der Waals surface area contributed by atoms with E-state index in [4.69, 9.17) is 9.47 Å². The minimum absolute atomic E-state index is 0.101. The zero-order valence-electron chi connectivity index (χ0n) is 15.5. The molecule has 0 aliphatic carbocycles. The van der Waals surface area contributed by atoms with Gasteiger partial charge in [0.25, 0.3) is 11.8 Å². The Kier molecular flexibility index (Phi) is 6.32. The lowest BCUT2D eigenvalue weighted by atomic mass is 9.92. The van der Waals surface area contributed by atoms with Crippen LogP contribution in [-0.4, -0.2) is 41.5 Å². The molecule has 2 aliphatic rings. The van der Waals surface area contributed by atoms with E-state index in [0.29, 0.717) is 29.7 Å². The zero-order chi connectivity index (χ0) is 19.4. The molecule has 0 bridgehead atoms. The van der Waals surface area contributed by atoms with Crippen LogP contribution in [0.4, 0.5) is 0 Å². The maximum atomic E-state index is 12.6. The zero-order valence-corrected chi connectivity index (χ0v) is 15.5. The Hall–Kier alpha value is -2.47.